The van der Waals surface area contributed by atoms with Crippen LogP contribution in [0.1, 0.15) is 25.6 Å². The van der Waals surface area contributed by atoms with Crippen LogP contribution >= 0.6 is 15.9 Å². The third-order valence-corrected chi connectivity index (χ3v) is 4.69. The lowest BCUT2D eigenvalue weighted by molar-refractivity contribution is -0.143. The highest BCUT2D eigenvalue weighted by molar-refractivity contribution is 9.10. The van der Waals surface area contributed by atoms with E-state index in [2.05, 4.69) is 20.9 Å². The molecule has 0 saturated heterocycles. The second-order valence-electron chi connectivity index (χ2n) is 5.00. The summed E-state index contributed by atoms with van der Waals surface area (Å²) in [7, 11) is 1.88. The molecule has 118 valence electrons. The van der Waals surface area contributed by atoms with Gasteiger partial charge in [-0.1, -0.05) is 44.2 Å². The number of halogens is 1. The number of hydrogen-bond donors (Lipinski definition) is 1. The number of carboxylic acid groups (broad SMARTS) is 1. The van der Waals surface area contributed by atoms with Crippen LogP contribution in [-0.4, -0.2) is 38.6 Å². The highest BCUT2D eigenvalue weighted by Gasteiger charge is 2.31. The molecule has 0 spiro atoms. The van der Waals surface area contributed by atoms with Crippen LogP contribution in [0.25, 0.3) is 11.4 Å². The summed E-state index contributed by atoms with van der Waals surface area (Å²) in [5.41, 5.74) is 1.50. The first-order valence-electron chi connectivity index (χ1n) is 7.25. The van der Waals surface area contributed by atoms with E-state index in [1.165, 1.54) is 0 Å². The van der Waals surface area contributed by atoms with E-state index >= 15 is 0 Å². The van der Waals surface area contributed by atoms with Crippen molar-refractivity contribution in [2.45, 2.75) is 19.9 Å². The van der Waals surface area contributed by atoms with Crippen molar-refractivity contribution in [1.82, 2.24) is 14.5 Å². The number of aromatic nitrogens is 2. The molecule has 0 radical (unpaired) electrons. The lowest BCUT2D eigenvalue weighted by atomic mass is 10.2. The van der Waals surface area contributed by atoms with Crippen molar-refractivity contribution in [3.05, 3.63) is 40.6 Å². The minimum Gasteiger partial charge on any atom is -0.480 e. The summed E-state index contributed by atoms with van der Waals surface area (Å²) in [6.45, 7) is 5.21. The lowest BCUT2D eigenvalue weighted by Gasteiger charge is -2.25. The molecule has 0 bridgehead atoms. The number of imidazole rings is 1. The normalized spacial score (nSPS) is 12.6. The van der Waals surface area contributed by atoms with Gasteiger partial charge in [0.15, 0.2) is 6.04 Å². The molecule has 0 aliphatic carbocycles. The number of carboxylic acids is 1. The molecule has 0 aliphatic rings. The van der Waals surface area contributed by atoms with Crippen molar-refractivity contribution in [3.8, 4) is 11.4 Å². The predicted molar refractivity (Wildman–Crippen MR) is 89.6 cm³/mol. The van der Waals surface area contributed by atoms with E-state index in [4.69, 9.17) is 0 Å². The molecular weight excluding hydrogens is 346 g/mol. The Kier molecular flexibility index (Phi) is 5.37. The third kappa shape index (κ3) is 3.08. The Balaban J connectivity index is 2.54. The van der Waals surface area contributed by atoms with E-state index in [1.54, 1.807) is 0 Å². The van der Waals surface area contributed by atoms with Crippen LogP contribution < -0.4 is 0 Å². The minimum atomic E-state index is -0.887. The van der Waals surface area contributed by atoms with Gasteiger partial charge in [0.1, 0.15) is 16.1 Å². The summed E-state index contributed by atoms with van der Waals surface area (Å²) in [4.78, 5) is 18.2. The molecule has 1 aromatic carbocycles. The van der Waals surface area contributed by atoms with E-state index in [0.717, 1.165) is 11.4 Å². The van der Waals surface area contributed by atoms with Gasteiger partial charge in [-0.25, -0.2) is 4.98 Å². The third-order valence-electron chi connectivity index (χ3n) is 3.75. The van der Waals surface area contributed by atoms with Gasteiger partial charge in [-0.05, 0) is 29.0 Å². The van der Waals surface area contributed by atoms with Crippen LogP contribution in [0.15, 0.2) is 34.9 Å². The van der Waals surface area contributed by atoms with Crippen molar-refractivity contribution < 1.29 is 9.90 Å². The van der Waals surface area contributed by atoms with Crippen LogP contribution in [0.4, 0.5) is 0 Å². The fraction of sp³-hybridized carbons (Fsp3) is 0.375. The maximum absolute atomic E-state index is 11.8. The fourth-order valence-corrected chi connectivity index (χ4v) is 3.03. The Morgan fingerprint density at radius 1 is 1.32 bits per heavy atom. The van der Waals surface area contributed by atoms with Gasteiger partial charge in [0.25, 0.3) is 0 Å². The standard InChI is InChI=1S/C16H20BrN3O2/c1-4-20(5-2)13(16(21)22)12-14(17)19(3)15(18-12)11-9-7-6-8-10-11/h6-10,13H,4-5H2,1-3H3,(H,21,22). The fourth-order valence-electron chi connectivity index (χ4n) is 2.55. The summed E-state index contributed by atoms with van der Waals surface area (Å²) in [6.07, 6.45) is 0. The predicted octanol–water partition coefficient (Wildman–Crippen LogP) is 3.32. The van der Waals surface area contributed by atoms with Crippen molar-refractivity contribution >= 4 is 21.9 Å². The zero-order valence-electron chi connectivity index (χ0n) is 13.0. The van der Waals surface area contributed by atoms with Crippen molar-refractivity contribution in [1.29, 1.82) is 0 Å². The van der Waals surface area contributed by atoms with E-state index in [0.29, 0.717) is 23.4 Å². The first kappa shape index (κ1) is 16.7. The Morgan fingerprint density at radius 3 is 2.41 bits per heavy atom. The number of hydrogen-bond acceptors (Lipinski definition) is 3. The molecule has 1 N–H and O–H groups in total. The van der Waals surface area contributed by atoms with Crippen LogP contribution in [0.2, 0.25) is 0 Å². The van der Waals surface area contributed by atoms with E-state index in [9.17, 15) is 9.90 Å². The van der Waals surface area contributed by atoms with Gasteiger partial charge >= 0.3 is 5.97 Å². The maximum atomic E-state index is 11.8. The number of rotatable bonds is 6. The number of aliphatic carboxylic acids is 1. The summed E-state index contributed by atoms with van der Waals surface area (Å²) in [5.74, 6) is -0.136. The lowest BCUT2D eigenvalue weighted by Crippen LogP contribution is -2.34. The SMILES string of the molecule is CCN(CC)C(C(=O)O)c1nc(-c2ccccc2)n(C)c1Br. The zero-order chi connectivity index (χ0) is 16.3. The van der Waals surface area contributed by atoms with E-state index in [1.807, 2.05) is 60.7 Å². The first-order valence-corrected chi connectivity index (χ1v) is 8.04. The van der Waals surface area contributed by atoms with Crippen LogP contribution in [0.3, 0.4) is 0 Å². The Hall–Kier alpha value is -1.66. The molecule has 22 heavy (non-hydrogen) atoms. The molecule has 1 atom stereocenters. The molecule has 5 nitrogen and oxygen atoms in total. The van der Waals surface area contributed by atoms with Gasteiger partial charge in [-0.2, -0.15) is 0 Å². The molecule has 6 heteroatoms. The topological polar surface area (TPSA) is 58.4 Å². The maximum Gasteiger partial charge on any atom is 0.327 e. The quantitative estimate of drug-likeness (QED) is 0.852. The largest absolute Gasteiger partial charge is 0.480 e. The molecule has 1 unspecified atom stereocenters. The number of carbonyl (C=O) groups is 1. The molecule has 2 rings (SSSR count). The molecule has 1 heterocycles. The summed E-state index contributed by atoms with van der Waals surface area (Å²) < 4.78 is 2.58. The Bertz CT molecular complexity index is 651. The molecule has 1 aromatic heterocycles. The van der Waals surface area contributed by atoms with Crippen LogP contribution in [0, 0.1) is 0 Å². The van der Waals surface area contributed by atoms with Crippen molar-refractivity contribution in [3.63, 3.8) is 0 Å². The number of nitrogens with zero attached hydrogens (tertiary/aromatic N) is 3. The van der Waals surface area contributed by atoms with E-state index in [-0.39, 0.29) is 0 Å². The van der Waals surface area contributed by atoms with Gasteiger partial charge in [0.2, 0.25) is 0 Å². The molecule has 0 fully saturated rings. The molecular formula is C16H20BrN3O2. The van der Waals surface area contributed by atoms with Gasteiger partial charge in [0.05, 0.1) is 0 Å². The van der Waals surface area contributed by atoms with Gasteiger partial charge in [-0.3, -0.25) is 9.69 Å². The van der Waals surface area contributed by atoms with Gasteiger partial charge < -0.3 is 9.67 Å². The molecule has 2 aromatic rings. The molecule has 0 saturated carbocycles. The monoisotopic (exact) mass is 365 g/mol. The average molecular weight is 366 g/mol. The molecule has 0 amide bonds. The van der Waals surface area contributed by atoms with Gasteiger partial charge in [-0.15, -0.1) is 0 Å². The second kappa shape index (κ2) is 7.07. The number of benzene rings is 1. The highest BCUT2D eigenvalue weighted by Crippen LogP contribution is 2.31. The van der Waals surface area contributed by atoms with Crippen molar-refractivity contribution in [2.24, 2.45) is 7.05 Å². The van der Waals surface area contributed by atoms with Gasteiger partial charge in [0, 0.05) is 12.6 Å². The van der Waals surface area contributed by atoms with Crippen LogP contribution in [0.5, 0.6) is 0 Å². The summed E-state index contributed by atoms with van der Waals surface area (Å²) in [5, 5.41) is 9.64. The van der Waals surface area contributed by atoms with Crippen molar-refractivity contribution in [2.75, 3.05) is 13.1 Å². The van der Waals surface area contributed by atoms with Crippen LogP contribution in [-0.2, 0) is 11.8 Å². The zero-order valence-corrected chi connectivity index (χ0v) is 14.5. The Labute approximate surface area is 138 Å². The number of likely N-dealkylation sites (N-methyl/N-ethyl adjacent to an activating group) is 1. The first-order chi connectivity index (χ1) is 10.5. The minimum absolute atomic E-state index is 0.539. The Morgan fingerprint density at radius 2 is 1.91 bits per heavy atom. The summed E-state index contributed by atoms with van der Waals surface area (Å²) >= 11 is 3.50. The van der Waals surface area contributed by atoms with E-state index < -0.39 is 12.0 Å². The smallest absolute Gasteiger partial charge is 0.327 e. The molecule has 0 aliphatic heterocycles. The average Bonchev–Trinajstić information content (AvgIpc) is 2.81. The summed E-state index contributed by atoms with van der Waals surface area (Å²) in [6, 6.07) is 9.00. The second-order valence-corrected chi connectivity index (χ2v) is 5.75. The highest BCUT2D eigenvalue weighted by atomic mass is 79.9.